The lowest BCUT2D eigenvalue weighted by molar-refractivity contribution is 0.0728. The van der Waals surface area contributed by atoms with Crippen molar-refractivity contribution >= 4 is 17.5 Å². The van der Waals surface area contributed by atoms with Gasteiger partial charge in [0.05, 0.1) is 11.8 Å². The minimum absolute atomic E-state index is 0.0505. The van der Waals surface area contributed by atoms with Crippen LogP contribution >= 0.6 is 11.6 Å². The van der Waals surface area contributed by atoms with Crippen molar-refractivity contribution in [3.63, 3.8) is 0 Å². The lowest BCUT2D eigenvalue weighted by Gasteiger charge is -2.34. The van der Waals surface area contributed by atoms with Crippen LogP contribution < -0.4 is 0 Å². The van der Waals surface area contributed by atoms with Crippen molar-refractivity contribution < 1.29 is 9.21 Å². The summed E-state index contributed by atoms with van der Waals surface area (Å²) in [6.45, 7) is 5.87. The lowest BCUT2D eigenvalue weighted by Crippen LogP contribution is -2.42. The SMILES string of the molecule is Cc1occc1C(=O)N(C)CC1CCCN(CCc2ccc(Cl)cc2)C1. The van der Waals surface area contributed by atoms with Gasteiger partial charge in [-0.25, -0.2) is 0 Å². The Hall–Kier alpha value is -1.78. The van der Waals surface area contributed by atoms with E-state index in [1.807, 2.05) is 31.0 Å². The Balaban J connectivity index is 1.49. The molecule has 0 spiro atoms. The molecule has 1 amide bonds. The maximum atomic E-state index is 12.6. The number of furan rings is 1. The predicted molar refractivity (Wildman–Crippen MR) is 105 cm³/mol. The third-order valence-corrected chi connectivity index (χ3v) is 5.45. The number of carbonyl (C=O) groups excluding carboxylic acids is 1. The van der Waals surface area contributed by atoms with E-state index in [2.05, 4.69) is 17.0 Å². The maximum Gasteiger partial charge on any atom is 0.257 e. The third kappa shape index (κ3) is 4.89. The second kappa shape index (κ2) is 8.74. The van der Waals surface area contributed by atoms with Crippen LogP contribution in [-0.2, 0) is 6.42 Å². The highest BCUT2D eigenvalue weighted by Gasteiger charge is 2.24. The van der Waals surface area contributed by atoms with Crippen LogP contribution in [-0.4, -0.2) is 48.9 Å². The molecule has 3 rings (SSSR count). The van der Waals surface area contributed by atoms with Gasteiger partial charge < -0.3 is 14.2 Å². The van der Waals surface area contributed by atoms with Gasteiger partial charge in [0.2, 0.25) is 0 Å². The number of rotatable bonds is 6. The van der Waals surface area contributed by atoms with Crippen LogP contribution in [0.15, 0.2) is 41.0 Å². The lowest BCUT2D eigenvalue weighted by atomic mass is 9.97. The standard InChI is InChI=1S/C21H27ClN2O2/c1-16-20(10-13-26-16)21(25)23(2)14-18-4-3-11-24(15-18)12-9-17-5-7-19(22)8-6-17/h5-8,10,13,18H,3-4,9,11-12,14-15H2,1-2H3. The van der Waals surface area contributed by atoms with Crippen molar-refractivity contribution in [1.29, 1.82) is 0 Å². The van der Waals surface area contributed by atoms with Crippen LogP contribution in [0.25, 0.3) is 0 Å². The van der Waals surface area contributed by atoms with Crippen LogP contribution in [0.5, 0.6) is 0 Å². The van der Waals surface area contributed by atoms with E-state index in [-0.39, 0.29) is 5.91 Å². The van der Waals surface area contributed by atoms with E-state index < -0.39 is 0 Å². The van der Waals surface area contributed by atoms with Crippen LogP contribution in [0, 0.1) is 12.8 Å². The summed E-state index contributed by atoms with van der Waals surface area (Å²) in [7, 11) is 1.89. The van der Waals surface area contributed by atoms with Crippen LogP contribution in [0.4, 0.5) is 0 Å². The Morgan fingerprint density at radius 1 is 1.31 bits per heavy atom. The van der Waals surface area contributed by atoms with E-state index in [0.717, 1.165) is 37.6 Å². The van der Waals surface area contributed by atoms with Gasteiger partial charge in [-0.3, -0.25) is 4.79 Å². The number of hydrogen-bond donors (Lipinski definition) is 0. The second-order valence-corrected chi connectivity index (χ2v) is 7.70. The second-order valence-electron chi connectivity index (χ2n) is 7.26. The number of nitrogens with zero attached hydrogens (tertiary/aromatic N) is 2. The normalized spacial score (nSPS) is 18.0. The largest absolute Gasteiger partial charge is 0.469 e. The van der Waals surface area contributed by atoms with Gasteiger partial charge in [0.15, 0.2) is 0 Å². The van der Waals surface area contributed by atoms with Gasteiger partial charge in [-0.1, -0.05) is 23.7 Å². The van der Waals surface area contributed by atoms with Gasteiger partial charge in [-0.15, -0.1) is 0 Å². The maximum absolute atomic E-state index is 12.6. The fraction of sp³-hybridized carbons (Fsp3) is 0.476. The molecular formula is C21H27ClN2O2. The van der Waals surface area contributed by atoms with E-state index in [1.54, 1.807) is 12.3 Å². The van der Waals surface area contributed by atoms with E-state index in [0.29, 0.717) is 17.2 Å². The molecule has 0 aliphatic carbocycles. The molecule has 1 aliphatic rings. The van der Waals surface area contributed by atoms with Gasteiger partial charge >= 0.3 is 0 Å². The average Bonchev–Trinajstić information content (AvgIpc) is 3.07. The summed E-state index contributed by atoms with van der Waals surface area (Å²) in [6, 6.07) is 9.86. The van der Waals surface area contributed by atoms with Gasteiger partial charge in [0.1, 0.15) is 5.76 Å². The molecule has 2 heterocycles. The summed E-state index contributed by atoms with van der Waals surface area (Å²) in [4.78, 5) is 16.9. The summed E-state index contributed by atoms with van der Waals surface area (Å²) in [5, 5.41) is 0.785. The first-order valence-corrected chi connectivity index (χ1v) is 9.67. The third-order valence-electron chi connectivity index (χ3n) is 5.20. The van der Waals surface area contributed by atoms with Crippen molar-refractivity contribution in [2.24, 2.45) is 5.92 Å². The molecule has 1 aromatic carbocycles. The number of aryl methyl sites for hydroxylation is 1. The molecule has 1 atom stereocenters. The molecule has 2 aromatic rings. The molecule has 0 N–H and O–H groups in total. The summed E-state index contributed by atoms with van der Waals surface area (Å²) in [5.41, 5.74) is 1.99. The Morgan fingerprint density at radius 2 is 2.08 bits per heavy atom. The number of halogens is 1. The number of amides is 1. The highest BCUT2D eigenvalue weighted by Crippen LogP contribution is 2.20. The van der Waals surface area contributed by atoms with Crippen molar-refractivity contribution in [3.05, 3.63) is 58.5 Å². The molecule has 1 unspecified atom stereocenters. The van der Waals surface area contributed by atoms with Gasteiger partial charge in [-0.2, -0.15) is 0 Å². The minimum atomic E-state index is 0.0505. The van der Waals surface area contributed by atoms with E-state index in [9.17, 15) is 4.79 Å². The summed E-state index contributed by atoms with van der Waals surface area (Å²) >= 11 is 5.95. The molecule has 1 aromatic heterocycles. The Morgan fingerprint density at radius 3 is 2.77 bits per heavy atom. The predicted octanol–water partition coefficient (Wildman–Crippen LogP) is 4.27. The van der Waals surface area contributed by atoms with Crippen molar-refractivity contribution in [2.75, 3.05) is 33.2 Å². The molecule has 5 heteroatoms. The molecular weight excluding hydrogens is 348 g/mol. The van der Waals surface area contributed by atoms with Crippen LogP contribution in [0.1, 0.15) is 34.5 Å². The molecule has 140 valence electrons. The van der Waals surface area contributed by atoms with Crippen molar-refractivity contribution in [2.45, 2.75) is 26.2 Å². The van der Waals surface area contributed by atoms with Crippen molar-refractivity contribution in [1.82, 2.24) is 9.80 Å². The molecule has 1 aliphatic heterocycles. The van der Waals surface area contributed by atoms with Crippen LogP contribution in [0.3, 0.4) is 0 Å². The number of likely N-dealkylation sites (tertiary alicyclic amines) is 1. The fourth-order valence-electron chi connectivity index (χ4n) is 3.72. The summed E-state index contributed by atoms with van der Waals surface area (Å²) in [6.07, 6.45) is 4.99. The fourth-order valence-corrected chi connectivity index (χ4v) is 3.85. The highest BCUT2D eigenvalue weighted by atomic mass is 35.5. The Bertz CT molecular complexity index is 726. The summed E-state index contributed by atoms with van der Waals surface area (Å²) < 4.78 is 5.26. The quantitative estimate of drug-likeness (QED) is 0.757. The number of carbonyl (C=O) groups is 1. The monoisotopic (exact) mass is 374 g/mol. The minimum Gasteiger partial charge on any atom is -0.469 e. The van der Waals surface area contributed by atoms with Gasteiger partial charge in [0.25, 0.3) is 5.91 Å². The number of piperidine rings is 1. The van der Waals surface area contributed by atoms with Crippen molar-refractivity contribution in [3.8, 4) is 0 Å². The molecule has 1 fully saturated rings. The zero-order chi connectivity index (χ0) is 18.5. The molecule has 4 nitrogen and oxygen atoms in total. The van der Waals surface area contributed by atoms with Crippen LogP contribution in [0.2, 0.25) is 5.02 Å². The van der Waals surface area contributed by atoms with E-state index >= 15 is 0 Å². The number of hydrogen-bond acceptors (Lipinski definition) is 3. The zero-order valence-corrected chi connectivity index (χ0v) is 16.3. The van der Waals surface area contributed by atoms with Gasteiger partial charge in [-0.05, 0) is 62.4 Å². The molecule has 0 saturated carbocycles. The Kier molecular flexibility index (Phi) is 6.38. The van der Waals surface area contributed by atoms with Gasteiger partial charge in [0, 0.05) is 31.7 Å². The molecule has 1 saturated heterocycles. The molecule has 26 heavy (non-hydrogen) atoms. The zero-order valence-electron chi connectivity index (χ0n) is 15.6. The topological polar surface area (TPSA) is 36.7 Å². The first-order valence-electron chi connectivity index (χ1n) is 9.29. The van der Waals surface area contributed by atoms with E-state index in [4.69, 9.17) is 16.0 Å². The van der Waals surface area contributed by atoms with E-state index in [1.165, 1.54) is 18.4 Å². The average molecular weight is 375 g/mol. The molecule has 0 radical (unpaired) electrons. The number of benzene rings is 1. The summed E-state index contributed by atoms with van der Waals surface area (Å²) in [5.74, 6) is 1.26. The first-order chi connectivity index (χ1) is 12.5. The smallest absolute Gasteiger partial charge is 0.257 e. The Labute approximate surface area is 160 Å². The highest BCUT2D eigenvalue weighted by molar-refractivity contribution is 6.30. The first kappa shape index (κ1) is 19.0. The molecule has 0 bridgehead atoms.